The summed E-state index contributed by atoms with van der Waals surface area (Å²) in [5, 5.41) is 9.15. The Morgan fingerprint density at radius 2 is 1.45 bits per heavy atom. The summed E-state index contributed by atoms with van der Waals surface area (Å²) in [6, 6.07) is 10.2. The van der Waals surface area contributed by atoms with Crippen LogP contribution in [0.5, 0.6) is 11.5 Å². The van der Waals surface area contributed by atoms with Crippen LogP contribution in [0.25, 0.3) is 17.2 Å². The van der Waals surface area contributed by atoms with Crippen molar-refractivity contribution >= 4 is 18.0 Å². The Bertz CT molecular complexity index is 1280. The highest BCUT2D eigenvalue weighted by atomic mass is 16.6. The minimum absolute atomic E-state index is 0.0193. The molecule has 2 aromatic rings. The molecule has 0 heterocycles. The van der Waals surface area contributed by atoms with Crippen molar-refractivity contribution in [1.82, 2.24) is 0 Å². The number of aliphatic carboxylic acids is 1. The molecule has 6 heteroatoms. The van der Waals surface area contributed by atoms with E-state index in [4.69, 9.17) is 19.3 Å². The molecule has 2 aromatic carbocycles. The second-order valence-corrected chi connectivity index (χ2v) is 13.7. The summed E-state index contributed by atoms with van der Waals surface area (Å²) >= 11 is 0. The second kappa shape index (κ2) is 13.8. The lowest BCUT2D eigenvalue weighted by molar-refractivity contribution is -0.155. The van der Waals surface area contributed by atoms with Gasteiger partial charge in [0.15, 0.2) is 0 Å². The molecule has 0 bridgehead atoms. The zero-order chi connectivity index (χ0) is 31.1. The van der Waals surface area contributed by atoms with Crippen LogP contribution < -0.4 is 9.47 Å². The lowest BCUT2D eigenvalue weighted by atomic mass is 9.62. The molecular formula is C36H50O6. The van der Waals surface area contributed by atoms with Crippen molar-refractivity contribution in [3.8, 4) is 22.6 Å². The van der Waals surface area contributed by atoms with Gasteiger partial charge in [-0.05, 0) is 104 Å². The Labute approximate surface area is 252 Å². The summed E-state index contributed by atoms with van der Waals surface area (Å²) in [7, 11) is 1.65. The van der Waals surface area contributed by atoms with Crippen molar-refractivity contribution in [2.75, 3.05) is 13.7 Å². The summed E-state index contributed by atoms with van der Waals surface area (Å²) in [5.74, 6) is 0.418. The summed E-state index contributed by atoms with van der Waals surface area (Å²) in [6.07, 6.45) is 10.2. The standard InChI is InChI=1S/C36H50O6/c1-34(2,3)42-33(39)14-12-10-9-11-13-21-41-31-24-29-28(35(4,5)19-20-36(29,6)7)23-27(31)26-22-25(16-18-32(37)38)15-17-30(26)40-8/h15-18,22-24H,9-14,19-21H2,1-8H3,(H,37,38)/b18-16+. The van der Waals surface area contributed by atoms with Gasteiger partial charge in [0.1, 0.15) is 17.1 Å². The van der Waals surface area contributed by atoms with Crippen molar-refractivity contribution in [1.29, 1.82) is 0 Å². The van der Waals surface area contributed by atoms with Crippen LogP contribution in [0.2, 0.25) is 0 Å². The van der Waals surface area contributed by atoms with Crippen molar-refractivity contribution in [2.24, 2.45) is 0 Å². The van der Waals surface area contributed by atoms with E-state index in [0.717, 1.165) is 73.5 Å². The van der Waals surface area contributed by atoms with Crippen LogP contribution >= 0.6 is 0 Å². The van der Waals surface area contributed by atoms with Crippen LogP contribution in [0.15, 0.2) is 36.4 Å². The summed E-state index contributed by atoms with van der Waals surface area (Å²) < 4.78 is 17.7. The van der Waals surface area contributed by atoms with Crippen molar-refractivity contribution < 1.29 is 28.9 Å². The maximum atomic E-state index is 11.9. The first-order chi connectivity index (χ1) is 19.6. The fourth-order valence-corrected chi connectivity index (χ4v) is 5.61. The van der Waals surface area contributed by atoms with E-state index in [9.17, 15) is 9.59 Å². The largest absolute Gasteiger partial charge is 0.496 e. The maximum Gasteiger partial charge on any atom is 0.328 e. The number of esters is 1. The molecule has 3 rings (SSSR count). The van der Waals surface area contributed by atoms with Gasteiger partial charge < -0.3 is 19.3 Å². The monoisotopic (exact) mass is 578 g/mol. The molecule has 1 aliphatic rings. The Hall–Kier alpha value is -3.28. The van der Waals surface area contributed by atoms with E-state index in [-0.39, 0.29) is 16.8 Å². The van der Waals surface area contributed by atoms with Crippen LogP contribution in [0.3, 0.4) is 0 Å². The molecular weight excluding hydrogens is 528 g/mol. The third kappa shape index (κ3) is 9.11. The van der Waals surface area contributed by atoms with Gasteiger partial charge in [0.05, 0.1) is 13.7 Å². The van der Waals surface area contributed by atoms with E-state index in [1.165, 1.54) is 11.1 Å². The first kappa shape index (κ1) is 33.2. The van der Waals surface area contributed by atoms with Gasteiger partial charge in [-0.15, -0.1) is 0 Å². The average Bonchev–Trinajstić information content (AvgIpc) is 2.90. The molecule has 42 heavy (non-hydrogen) atoms. The number of hydrogen-bond donors (Lipinski definition) is 1. The van der Waals surface area contributed by atoms with E-state index >= 15 is 0 Å². The van der Waals surface area contributed by atoms with Gasteiger partial charge in [-0.3, -0.25) is 4.79 Å². The van der Waals surface area contributed by atoms with Crippen LogP contribution in [-0.2, 0) is 25.2 Å². The van der Waals surface area contributed by atoms with E-state index < -0.39 is 11.6 Å². The molecule has 0 amide bonds. The number of hydrogen-bond acceptors (Lipinski definition) is 5. The fourth-order valence-electron chi connectivity index (χ4n) is 5.61. The number of carbonyl (C=O) groups excluding carboxylic acids is 1. The molecule has 0 unspecified atom stereocenters. The van der Waals surface area contributed by atoms with Gasteiger partial charge in [0.2, 0.25) is 0 Å². The summed E-state index contributed by atoms with van der Waals surface area (Å²) in [6.45, 7) is 15.5. The first-order valence-electron chi connectivity index (χ1n) is 15.3. The van der Waals surface area contributed by atoms with E-state index in [1.807, 2.05) is 39.0 Å². The number of ether oxygens (including phenoxy) is 3. The van der Waals surface area contributed by atoms with Gasteiger partial charge in [0.25, 0.3) is 0 Å². The molecule has 230 valence electrons. The highest BCUT2D eigenvalue weighted by Crippen LogP contribution is 2.50. The van der Waals surface area contributed by atoms with E-state index in [1.54, 1.807) is 13.2 Å². The third-order valence-electron chi connectivity index (χ3n) is 8.09. The number of unbranched alkanes of at least 4 members (excludes halogenated alkanes) is 4. The van der Waals surface area contributed by atoms with Crippen LogP contribution in [-0.4, -0.2) is 36.4 Å². The minimum atomic E-state index is -0.987. The topological polar surface area (TPSA) is 82.1 Å². The third-order valence-corrected chi connectivity index (χ3v) is 8.09. The lowest BCUT2D eigenvalue weighted by Gasteiger charge is -2.42. The molecule has 1 aliphatic carbocycles. The minimum Gasteiger partial charge on any atom is -0.496 e. The second-order valence-electron chi connectivity index (χ2n) is 13.7. The quantitative estimate of drug-likeness (QED) is 0.145. The normalized spacial score (nSPS) is 15.7. The SMILES string of the molecule is COc1ccc(/C=C/C(=O)O)cc1-c1cc2c(cc1OCCCCCCCC(=O)OC(C)(C)C)C(C)(C)CCC2(C)C. The van der Waals surface area contributed by atoms with E-state index in [0.29, 0.717) is 18.8 Å². The zero-order valence-electron chi connectivity index (χ0n) is 26.9. The molecule has 1 N–H and O–H groups in total. The molecule has 0 atom stereocenters. The predicted molar refractivity (Wildman–Crippen MR) is 169 cm³/mol. The van der Waals surface area contributed by atoms with Crippen molar-refractivity contribution in [3.63, 3.8) is 0 Å². The Morgan fingerprint density at radius 3 is 2.07 bits per heavy atom. The number of methoxy groups -OCH3 is 1. The maximum absolute atomic E-state index is 11.9. The summed E-state index contributed by atoms with van der Waals surface area (Å²) in [4.78, 5) is 23.1. The van der Waals surface area contributed by atoms with Crippen molar-refractivity contribution in [2.45, 2.75) is 116 Å². The lowest BCUT2D eigenvalue weighted by Crippen LogP contribution is -2.34. The number of carboxylic acid groups (broad SMARTS) is 1. The average molecular weight is 579 g/mol. The number of benzene rings is 2. The molecule has 0 radical (unpaired) electrons. The molecule has 0 saturated heterocycles. The molecule has 0 spiro atoms. The molecule has 0 aromatic heterocycles. The van der Waals surface area contributed by atoms with Gasteiger partial charge in [-0.2, -0.15) is 0 Å². The Balaban J connectivity index is 1.81. The number of carboxylic acids is 1. The highest BCUT2D eigenvalue weighted by Gasteiger charge is 2.38. The molecule has 6 nitrogen and oxygen atoms in total. The smallest absolute Gasteiger partial charge is 0.328 e. The number of rotatable bonds is 13. The molecule has 0 saturated carbocycles. The highest BCUT2D eigenvalue weighted by molar-refractivity contribution is 5.86. The van der Waals surface area contributed by atoms with Crippen LogP contribution in [0, 0.1) is 0 Å². The fraction of sp³-hybridized carbons (Fsp3) is 0.556. The Kier molecular flexibility index (Phi) is 10.9. The van der Waals surface area contributed by atoms with Gasteiger partial charge in [-0.25, -0.2) is 4.79 Å². The van der Waals surface area contributed by atoms with Crippen LogP contribution in [0.4, 0.5) is 0 Å². The van der Waals surface area contributed by atoms with Crippen molar-refractivity contribution in [3.05, 3.63) is 53.1 Å². The van der Waals surface area contributed by atoms with E-state index in [2.05, 4.69) is 39.8 Å². The first-order valence-corrected chi connectivity index (χ1v) is 15.3. The Morgan fingerprint density at radius 1 is 0.857 bits per heavy atom. The zero-order valence-corrected chi connectivity index (χ0v) is 26.9. The predicted octanol–water partition coefficient (Wildman–Crippen LogP) is 8.87. The molecule has 0 aliphatic heterocycles. The van der Waals surface area contributed by atoms with Crippen LogP contribution in [0.1, 0.15) is 117 Å². The van der Waals surface area contributed by atoms with Gasteiger partial charge in [0, 0.05) is 23.6 Å². The number of fused-ring (bicyclic) bond motifs is 1. The number of carbonyl (C=O) groups is 2. The van der Waals surface area contributed by atoms with Gasteiger partial charge in [-0.1, -0.05) is 53.0 Å². The summed E-state index contributed by atoms with van der Waals surface area (Å²) in [5.41, 5.74) is 4.87. The van der Waals surface area contributed by atoms with Gasteiger partial charge >= 0.3 is 11.9 Å². The molecule has 0 fully saturated rings.